The number of nitrogens with zero attached hydrogens (tertiary/aromatic N) is 4. The summed E-state index contributed by atoms with van der Waals surface area (Å²) in [6.07, 6.45) is 3.99. The molecule has 136 valence electrons. The van der Waals surface area contributed by atoms with E-state index in [1.54, 1.807) is 41.2 Å². The Labute approximate surface area is 150 Å². The van der Waals surface area contributed by atoms with E-state index in [-0.39, 0.29) is 24.0 Å². The van der Waals surface area contributed by atoms with Gasteiger partial charge in [-0.15, -0.1) is 0 Å². The lowest BCUT2D eigenvalue weighted by atomic mass is 10.1. The highest BCUT2D eigenvalue weighted by atomic mass is 19.1. The summed E-state index contributed by atoms with van der Waals surface area (Å²) in [6.45, 7) is 2.32. The number of amides is 1. The lowest BCUT2D eigenvalue weighted by Crippen LogP contribution is -2.40. The Balaban J connectivity index is 1.88. The Morgan fingerprint density at radius 3 is 2.73 bits per heavy atom. The van der Waals surface area contributed by atoms with Crippen LogP contribution in [0.4, 0.5) is 10.1 Å². The number of rotatable bonds is 3. The molecule has 1 aliphatic rings. The molecule has 1 aliphatic heterocycles. The summed E-state index contributed by atoms with van der Waals surface area (Å²) in [5.41, 5.74) is 14.8. The molecule has 0 aliphatic carbocycles. The molecule has 0 saturated carbocycles. The van der Waals surface area contributed by atoms with Crippen LogP contribution in [0.2, 0.25) is 0 Å². The standard InChI is InChI=1S/C18H21FN6O/c1-11(26)25-6-5-16(20)14(10-25)18(21)23-17-4-3-12(7-15(17)19)13-8-22-24(2)9-13/h3-4,7-9H,5-6,10,20H2,1-2H3,(H2,21,23). The molecule has 4 N–H and O–H groups in total. The van der Waals surface area contributed by atoms with Crippen LogP contribution in [-0.4, -0.2) is 39.5 Å². The van der Waals surface area contributed by atoms with Crippen LogP contribution < -0.4 is 11.5 Å². The Bertz CT molecular complexity index is 914. The van der Waals surface area contributed by atoms with E-state index in [1.165, 1.54) is 13.0 Å². The minimum absolute atomic E-state index is 0.0604. The van der Waals surface area contributed by atoms with Gasteiger partial charge >= 0.3 is 0 Å². The number of benzene rings is 1. The Morgan fingerprint density at radius 2 is 2.12 bits per heavy atom. The van der Waals surface area contributed by atoms with E-state index in [2.05, 4.69) is 10.1 Å². The third-order valence-electron chi connectivity index (χ3n) is 4.37. The average Bonchev–Trinajstić information content (AvgIpc) is 3.03. The Hall–Kier alpha value is -3.16. The van der Waals surface area contributed by atoms with Crippen molar-refractivity contribution in [3.05, 3.63) is 47.7 Å². The van der Waals surface area contributed by atoms with Gasteiger partial charge in [-0.25, -0.2) is 9.38 Å². The smallest absolute Gasteiger partial charge is 0.219 e. The molecule has 2 aromatic rings. The van der Waals surface area contributed by atoms with Crippen molar-refractivity contribution in [2.45, 2.75) is 13.3 Å². The summed E-state index contributed by atoms with van der Waals surface area (Å²) in [6, 6.07) is 4.71. The molecular weight excluding hydrogens is 335 g/mol. The monoisotopic (exact) mass is 356 g/mol. The number of carbonyl (C=O) groups is 1. The maximum Gasteiger partial charge on any atom is 0.219 e. The van der Waals surface area contributed by atoms with Crippen LogP contribution in [0.25, 0.3) is 11.1 Å². The molecule has 1 aromatic carbocycles. The largest absolute Gasteiger partial charge is 0.402 e. The van der Waals surface area contributed by atoms with Gasteiger partial charge in [0, 0.05) is 50.0 Å². The number of hydrogen-bond acceptors (Lipinski definition) is 4. The molecule has 1 aromatic heterocycles. The zero-order chi connectivity index (χ0) is 18.8. The highest BCUT2D eigenvalue weighted by Gasteiger charge is 2.21. The summed E-state index contributed by atoms with van der Waals surface area (Å²) >= 11 is 0. The van der Waals surface area contributed by atoms with Crippen LogP contribution in [0, 0.1) is 5.82 Å². The summed E-state index contributed by atoms with van der Waals surface area (Å²) in [5, 5.41) is 4.08. The SMILES string of the molecule is CC(=O)N1CCC(N)=C(C(N)=Nc2ccc(-c3cnn(C)c3)cc2F)C1. The predicted octanol–water partition coefficient (Wildman–Crippen LogP) is 1.68. The van der Waals surface area contributed by atoms with E-state index >= 15 is 0 Å². The fraction of sp³-hybridized carbons (Fsp3) is 0.278. The second-order valence-corrected chi connectivity index (χ2v) is 6.26. The van der Waals surface area contributed by atoms with Crippen molar-refractivity contribution in [3.8, 4) is 11.1 Å². The molecule has 0 unspecified atom stereocenters. The second kappa shape index (κ2) is 6.99. The van der Waals surface area contributed by atoms with Gasteiger partial charge in [0.25, 0.3) is 0 Å². The molecule has 0 fully saturated rings. The number of aliphatic imine (C=N–C) groups is 1. The minimum atomic E-state index is -0.493. The predicted molar refractivity (Wildman–Crippen MR) is 98.0 cm³/mol. The van der Waals surface area contributed by atoms with Crippen LogP contribution in [0.15, 0.2) is 46.9 Å². The van der Waals surface area contributed by atoms with Crippen LogP contribution in [-0.2, 0) is 11.8 Å². The van der Waals surface area contributed by atoms with Crippen molar-refractivity contribution in [3.63, 3.8) is 0 Å². The van der Waals surface area contributed by atoms with Gasteiger partial charge in [-0.3, -0.25) is 9.48 Å². The summed E-state index contributed by atoms with van der Waals surface area (Å²) in [4.78, 5) is 17.4. The first-order valence-electron chi connectivity index (χ1n) is 8.21. The number of amidine groups is 1. The Morgan fingerprint density at radius 1 is 1.35 bits per heavy atom. The molecule has 0 radical (unpaired) electrons. The van der Waals surface area contributed by atoms with Crippen LogP contribution in [0.3, 0.4) is 0 Å². The first-order valence-corrected chi connectivity index (χ1v) is 8.21. The van der Waals surface area contributed by atoms with Gasteiger partial charge in [0.05, 0.1) is 12.7 Å². The Kier molecular flexibility index (Phi) is 4.75. The maximum absolute atomic E-state index is 14.5. The van der Waals surface area contributed by atoms with Gasteiger partial charge in [-0.05, 0) is 17.7 Å². The molecule has 3 rings (SSSR count). The lowest BCUT2D eigenvalue weighted by molar-refractivity contribution is -0.128. The number of halogens is 1. The van der Waals surface area contributed by atoms with E-state index in [0.717, 1.165) is 5.56 Å². The van der Waals surface area contributed by atoms with Crippen molar-refractivity contribution < 1.29 is 9.18 Å². The molecule has 0 saturated heterocycles. The molecule has 8 heteroatoms. The first kappa shape index (κ1) is 17.7. The fourth-order valence-corrected chi connectivity index (χ4v) is 2.84. The van der Waals surface area contributed by atoms with Gasteiger partial charge < -0.3 is 16.4 Å². The third-order valence-corrected chi connectivity index (χ3v) is 4.37. The summed E-state index contributed by atoms with van der Waals surface area (Å²) in [7, 11) is 1.80. The number of carbonyl (C=O) groups excluding carboxylic acids is 1. The summed E-state index contributed by atoms with van der Waals surface area (Å²) in [5.74, 6) is -0.427. The molecule has 0 bridgehead atoms. The van der Waals surface area contributed by atoms with Crippen molar-refractivity contribution >= 4 is 17.4 Å². The maximum atomic E-state index is 14.5. The van der Waals surface area contributed by atoms with Crippen LogP contribution in [0.1, 0.15) is 13.3 Å². The highest BCUT2D eigenvalue weighted by molar-refractivity contribution is 6.00. The number of hydrogen-bond donors (Lipinski definition) is 2. The third kappa shape index (κ3) is 3.58. The minimum Gasteiger partial charge on any atom is -0.402 e. The normalized spacial score (nSPS) is 15.5. The summed E-state index contributed by atoms with van der Waals surface area (Å²) < 4.78 is 16.1. The first-order chi connectivity index (χ1) is 12.3. The van der Waals surface area contributed by atoms with Gasteiger partial charge in [0.1, 0.15) is 17.3 Å². The van der Waals surface area contributed by atoms with Gasteiger partial charge in [0.15, 0.2) is 0 Å². The van der Waals surface area contributed by atoms with Crippen LogP contribution >= 0.6 is 0 Å². The molecule has 26 heavy (non-hydrogen) atoms. The average molecular weight is 356 g/mol. The van der Waals surface area contributed by atoms with Crippen molar-refractivity contribution in [2.24, 2.45) is 23.5 Å². The van der Waals surface area contributed by atoms with Crippen LogP contribution in [0.5, 0.6) is 0 Å². The van der Waals surface area contributed by atoms with E-state index < -0.39 is 5.82 Å². The van der Waals surface area contributed by atoms with Crippen molar-refractivity contribution in [1.82, 2.24) is 14.7 Å². The highest BCUT2D eigenvalue weighted by Crippen LogP contribution is 2.26. The quantitative estimate of drug-likeness (QED) is 0.645. The lowest BCUT2D eigenvalue weighted by Gasteiger charge is -2.28. The van der Waals surface area contributed by atoms with Crippen molar-refractivity contribution in [1.29, 1.82) is 0 Å². The van der Waals surface area contributed by atoms with E-state index in [4.69, 9.17) is 11.5 Å². The zero-order valence-electron chi connectivity index (χ0n) is 14.7. The number of aryl methyl sites for hydroxylation is 1. The molecule has 1 amide bonds. The van der Waals surface area contributed by atoms with E-state index in [1.807, 2.05) is 0 Å². The number of nitrogens with two attached hydrogens (primary N) is 2. The van der Waals surface area contributed by atoms with E-state index in [9.17, 15) is 9.18 Å². The van der Waals surface area contributed by atoms with Gasteiger partial charge in [-0.1, -0.05) is 6.07 Å². The molecule has 0 spiro atoms. The van der Waals surface area contributed by atoms with Gasteiger partial charge in [-0.2, -0.15) is 5.10 Å². The van der Waals surface area contributed by atoms with Gasteiger partial charge in [0.2, 0.25) is 5.91 Å². The molecule has 0 atom stereocenters. The molecular formula is C18H21FN6O. The van der Waals surface area contributed by atoms with E-state index in [0.29, 0.717) is 29.8 Å². The second-order valence-electron chi connectivity index (χ2n) is 6.26. The molecule has 7 nitrogen and oxygen atoms in total. The van der Waals surface area contributed by atoms with Crippen molar-refractivity contribution in [2.75, 3.05) is 13.1 Å². The molecule has 2 heterocycles. The fourth-order valence-electron chi connectivity index (χ4n) is 2.84. The zero-order valence-corrected chi connectivity index (χ0v) is 14.7. The topological polar surface area (TPSA) is 103 Å². The number of aromatic nitrogens is 2.